The number of hydrogen-bond acceptors (Lipinski definition) is 1. The molecule has 0 heterocycles. The molecule has 3 aliphatic rings. The zero-order valence-corrected chi connectivity index (χ0v) is 13.7. The van der Waals surface area contributed by atoms with Gasteiger partial charge in [-0.1, -0.05) is 29.8 Å². The molecule has 1 amide bonds. The molecule has 0 aliphatic heterocycles. The Morgan fingerprint density at radius 2 is 1.79 bits per heavy atom. The molecule has 0 spiro atoms. The Hall–Kier alpha value is -0.0500. The summed E-state index contributed by atoms with van der Waals surface area (Å²) in [5, 5.41) is 0.907. The van der Waals surface area contributed by atoms with E-state index in [1.165, 1.54) is 19.3 Å². The quantitative estimate of drug-likeness (QED) is 0.681. The van der Waals surface area contributed by atoms with Crippen molar-refractivity contribution in [2.24, 2.45) is 29.6 Å². The van der Waals surface area contributed by atoms with Crippen molar-refractivity contribution >= 4 is 21.8 Å². The molecule has 0 aromatic heterocycles. The van der Waals surface area contributed by atoms with Gasteiger partial charge in [-0.15, -0.1) is 0 Å². The fourth-order valence-electron chi connectivity index (χ4n) is 5.14. The van der Waals surface area contributed by atoms with E-state index in [2.05, 4.69) is 34.7 Å². The van der Waals surface area contributed by atoms with Crippen LogP contribution in [0.4, 0.5) is 0 Å². The van der Waals surface area contributed by atoms with Crippen molar-refractivity contribution in [3.05, 3.63) is 0 Å². The number of amides is 1. The minimum absolute atomic E-state index is 0.408. The van der Waals surface area contributed by atoms with Crippen LogP contribution in [0.2, 0.25) is 0 Å². The third-order valence-corrected chi connectivity index (χ3v) is 6.37. The molecule has 0 aromatic carbocycles. The Balaban J connectivity index is 1.68. The molecule has 0 saturated heterocycles. The maximum absolute atomic E-state index is 12.9. The molecule has 3 saturated carbocycles. The Morgan fingerprint density at radius 3 is 2.26 bits per heavy atom. The highest BCUT2D eigenvalue weighted by atomic mass is 79.9. The number of carbonyl (C=O) groups is 1. The molecule has 0 radical (unpaired) electrons. The summed E-state index contributed by atoms with van der Waals surface area (Å²) < 4.78 is 0. The summed E-state index contributed by atoms with van der Waals surface area (Å²) in [5.41, 5.74) is 0. The number of fused-ring (bicyclic) bond motifs is 5. The van der Waals surface area contributed by atoms with Crippen LogP contribution in [-0.2, 0) is 4.79 Å². The van der Waals surface area contributed by atoms with Crippen LogP contribution < -0.4 is 0 Å². The maximum atomic E-state index is 12.9. The molecule has 3 heteroatoms. The van der Waals surface area contributed by atoms with E-state index in [9.17, 15) is 4.79 Å². The summed E-state index contributed by atoms with van der Waals surface area (Å²) in [7, 11) is 0. The predicted octanol–water partition coefficient (Wildman–Crippen LogP) is 3.69. The van der Waals surface area contributed by atoms with Gasteiger partial charge >= 0.3 is 0 Å². The molecule has 3 rings (SSSR count). The van der Waals surface area contributed by atoms with Crippen LogP contribution in [0.3, 0.4) is 0 Å². The molecule has 2 bridgehead atoms. The van der Waals surface area contributed by atoms with Gasteiger partial charge in [0.25, 0.3) is 0 Å². The Bertz CT molecular complexity index is 339. The van der Waals surface area contributed by atoms with Gasteiger partial charge in [0.2, 0.25) is 5.91 Å². The van der Waals surface area contributed by atoms with Crippen LogP contribution >= 0.6 is 15.9 Å². The molecule has 0 N–H and O–H groups in total. The highest BCUT2D eigenvalue weighted by Crippen LogP contribution is 2.69. The Labute approximate surface area is 125 Å². The average molecular weight is 328 g/mol. The summed E-state index contributed by atoms with van der Waals surface area (Å²) in [4.78, 5) is 15.1. The van der Waals surface area contributed by atoms with Crippen LogP contribution in [0.1, 0.15) is 46.0 Å². The summed E-state index contributed by atoms with van der Waals surface area (Å²) in [6.45, 7) is 5.30. The molecule has 19 heavy (non-hydrogen) atoms. The molecule has 0 aromatic rings. The molecule has 108 valence electrons. The monoisotopic (exact) mass is 327 g/mol. The van der Waals surface area contributed by atoms with Crippen LogP contribution in [0.25, 0.3) is 0 Å². The third-order valence-electron chi connectivity index (χ3n) is 6.01. The topological polar surface area (TPSA) is 20.3 Å². The number of halogens is 1. The number of hydrogen-bond donors (Lipinski definition) is 0. The molecule has 2 nitrogen and oxygen atoms in total. The van der Waals surface area contributed by atoms with Crippen molar-refractivity contribution in [2.75, 3.05) is 11.9 Å². The van der Waals surface area contributed by atoms with Gasteiger partial charge in [-0.25, -0.2) is 0 Å². The van der Waals surface area contributed by atoms with Crippen molar-refractivity contribution in [1.82, 2.24) is 4.90 Å². The summed E-state index contributed by atoms with van der Waals surface area (Å²) in [6, 6.07) is 0.448. The number of nitrogens with zero attached hydrogens (tertiary/aromatic N) is 1. The summed E-state index contributed by atoms with van der Waals surface area (Å²) in [6.07, 6.45) is 6.41. The molecular formula is C16H26BrNO. The fraction of sp³-hybridized carbons (Fsp3) is 0.938. The van der Waals surface area contributed by atoms with Crippen molar-refractivity contribution < 1.29 is 4.79 Å². The van der Waals surface area contributed by atoms with E-state index in [-0.39, 0.29) is 0 Å². The van der Waals surface area contributed by atoms with E-state index in [4.69, 9.17) is 0 Å². The first kappa shape index (κ1) is 13.9. The fourth-order valence-corrected chi connectivity index (χ4v) is 5.52. The van der Waals surface area contributed by atoms with Crippen molar-refractivity contribution in [1.29, 1.82) is 0 Å². The van der Waals surface area contributed by atoms with Crippen LogP contribution in [0.5, 0.6) is 0 Å². The third kappa shape index (κ3) is 2.16. The summed E-state index contributed by atoms with van der Waals surface area (Å²) >= 11 is 3.52. The molecule has 3 aliphatic carbocycles. The molecular weight excluding hydrogens is 302 g/mol. The zero-order valence-electron chi connectivity index (χ0n) is 12.1. The first-order valence-electron chi connectivity index (χ1n) is 8.09. The number of alkyl halides is 1. The smallest absolute Gasteiger partial charge is 0.226 e. The normalized spacial score (nSPS) is 38.6. The summed E-state index contributed by atoms with van der Waals surface area (Å²) in [5.74, 6) is 4.25. The molecule has 3 fully saturated rings. The van der Waals surface area contributed by atoms with Gasteiger partial charge in [-0.2, -0.15) is 0 Å². The first-order chi connectivity index (χ1) is 9.22. The lowest BCUT2D eigenvalue weighted by atomic mass is 10.0. The predicted molar refractivity (Wildman–Crippen MR) is 81.2 cm³/mol. The van der Waals surface area contributed by atoms with Crippen LogP contribution in [0.15, 0.2) is 0 Å². The van der Waals surface area contributed by atoms with Gasteiger partial charge in [0.05, 0.1) is 0 Å². The van der Waals surface area contributed by atoms with E-state index in [0.29, 0.717) is 17.9 Å². The van der Waals surface area contributed by atoms with Crippen molar-refractivity contribution in [2.45, 2.75) is 52.0 Å². The molecule has 4 atom stereocenters. The average Bonchev–Trinajstić information content (AvgIpc) is 2.86. The van der Waals surface area contributed by atoms with Gasteiger partial charge in [0, 0.05) is 23.8 Å². The lowest BCUT2D eigenvalue weighted by Gasteiger charge is -2.31. The minimum Gasteiger partial charge on any atom is -0.339 e. The Kier molecular flexibility index (Phi) is 3.94. The van der Waals surface area contributed by atoms with E-state index in [1.54, 1.807) is 0 Å². The second-order valence-electron chi connectivity index (χ2n) is 6.70. The van der Waals surface area contributed by atoms with E-state index in [1.807, 2.05) is 0 Å². The lowest BCUT2D eigenvalue weighted by molar-refractivity contribution is -0.135. The van der Waals surface area contributed by atoms with Gasteiger partial charge in [-0.3, -0.25) is 4.79 Å². The zero-order chi connectivity index (χ0) is 13.6. The second kappa shape index (κ2) is 5.38. The SMILES string of the molecule is CCC(CC)N(CCBr)C(=O)C1C2C3CCC(C3)C12. The van der Waals surface area contributed by atoms with Crippen molar-refractivity contribution in [3.8, 4) is 0 Å². The molecule has 4 unspecified atom stereocenters. The maximum Gasteiger partial charge on any atom is 0.226 e. The number of carbonyl (C=O) groups excluding carboxylic acids is 1. The highest BCUT2D eigenvalue weighted by Gasteiger charge is 2.68. The Morgan fingerprint density at radius 1 is 1.21 bits per heavy atom. The first-order valence-corrected chi connectivity index (χ1v) is 9.21. The van der Waals surface area contributed by atoms with E-state index >= 15 is 0 Å². The van der Waals surface area contributed by atoms with Gasteiger partial charge in [0.1, 0.15) is 0 Å². The van der Waals surface area contributed by atoms with Crippen LogP contribution in [0, 0.1) is 29.6 Å². The van der Waals surface area contributed by atoms with Crippen molar-refractivity contribution in [3.63, 3.8) is 0 Å². The second-order valence-corrected chi connectivity index (χ2v) is 7.50. The van der Waals surface area contributed by atoms with Gasteiger partial charge in [-0.05, 0) is 55.8 Å². The van der Waals surface area contributed by atoms with Crippen LogP contribution in [-0.4, -0.2) is 28.7 Å². The largest absolute Gasteiger partial charge is 0.339 e. The van der Waals surface area contributed by atoms with E-state index in [0.717, 1.165) is 48.4 Å². The highest BCUT2D eigenvalue weighted by molar-refractivity contribution is 9.09. The lowest BCUT2D eigenvalue weighted by Crippen LogP contribution is -2.42. The van der Waals surface area contributed by atoms with Gasteiger partial charge < -0.3 is 4.90 Å². The van der Waals surface area contributed by atoms with E-state index < -0.39 is 0 Å². The minimum atomic E-state index is 0.408. The number of rotatable bonds is 6. The standard InChI is InChI=1S/C16H26BrNO/c1-3-12(4-2)18(8-7-17)16(19)15-13-10-5-6-11(9-10)14(13)15/h10-15H,3-9H2,1-2H3. The van der Waals surface area contributed by atoms with Gasteiger partial charge in [0.15, 0.2) is 0 Å².